The van der Waals surface area contributed by atoms with Crippen molar-refractivity contribution in [1.29, 1.82) is 0 Å². The van der Waals surface area contributed by atoms with Gasteiger partial charge in [0.05, 0.1) is 6.26 Å². The van der Waals surface area contributed by atoms with Gasteiger partial charge in [-0.3, -0.25) is 4.79 Å². The normalized spacial score (nSPS) is 15.5. The Morgan fingerprint density at radius 2 is 2.00 bits per heavy atom. The number of nitrogens with zero attached hydrogens (tertiary/aromatic N) is 4. The standard InChI is InChI=1S/C22H27N5O2/c1-17(18-6-3-2-4-7-18)16-26-12-10-21-25-24-20(27(21)14-13-26)9-11-23-22(28)19-8-5-15-29-19/h2-8,15,17H,9-14,16H2,1H3,(H,23,28). The van der Waals surface area contributed by atoms with Gasteiger partial charge in [0.2, 0.25) is 0 Å². The predicted molar refractivity (Wildman–Crippen MR) is 110 cm³/mol. The molecule has 1 atom stereocenters. The number of carbonyl (C=O) groups excluding carboxylic acids is 1. The van der Waals surface area contributed by atoms with E-state index in [9.17, 15) is 4.79 Å². The van der Waals surface area contributed by atoms with E-state index in [1.807, 2.05) is 0 Å². The van der Waals surface area contributed by atoms with Gasteiger partial charge in [-0.25, -0.2) is 0 Å². The third-order valence-corrected chi connectivity index (χ3v) is 5.48. The van der Waals surface area contributed by atoms with E-state index in [4.69, 9.17) is 4.42 Å². The lowest BCUT2D eigenvalue weighted by Crippen LogP contribution is -2.31. The number of hydrogen-bond acceptors (Lipinski definition) is 5. The fourth-order valence-corrected chi connectivity index (χ4v) is 3.85. The number of amides is 1. The number of fused-ring (bicyclic) bond motifs is 1. The van der Waals surface area contributed by atoms with Gasteiger partial charge in [0.1, 0.15) is 11.6 Å². The minimum atomic E-state index is -0.202. The van der Waals surface area contributed by atoms with Gasteiger partial charge in [-0.05, 0) is 23.6 Å². The molecular weight excluding hydrogens is 366 g/mol. The Balaban J connectivity index is 1.30. The summed E-state index contributed by atoms with van der Waals surface area (Å²) in [5.41, 5.74) is 1.38. The summed E-state index contributed by atoms with van der Waals surface area (Å²) in [6, 6.07) is 14.0. The number of nitrogens with one attached hydrogen (secondary N) is 1. The largest absolute Gasteiger partial charge is 0.459 e. The summed E-state index contributed by atoms with van der Waals surface area (Å²) in [5.74, 6) is 2.58. The molecule has 4 rings (SSSR count). The smallest absolute Gasteiger partial charge is 0.286 e. The van der Waals surface area contributed by atoms with Gasteiger partial charge >= 0.3 is 0 Å². The lowest BCUT2D eigenvalue weighted by Gasteiger charge is -2.24. The van der Waals surface area contributed by atoms with Gasteiger partial charge < -0.3 is 19.2 Å². The van der Waals surface area contributed by atoms with Crippen molar-refractivity contribution in [3.05, 3.63) is 71.7 Å². The van der Waals surface area contributed by atoms with Crippen LogP contribution in [0.15, 0.2) is 53.1 Å². The van der Waals surface area contributed by atoms with E-state index in [1.165, 1.54) is 11.8 Å². The van der Waals surface area contributed by atoms with Gasteiger partial charge in [-0.15, -0.1) is 10.2 Å². The maximum atomic E-state index is 12.0. The molecule has 0 radical (unpaired) electrons. The zero-order valence-corrected chi connectivity index (χ0v) is 16.8. The third-order valence-electron chi connectivity index (χ3n) is 5.48. The topological polar surface area (TPSA) is 76.2 Å². The van der Waals surface area contributed by atoms with Crippen molar-refractivity contribution < 1.29 is 9.21 Å². The first kappa shape index (κ1) is 19.4. The van der Waals surface area contributed by atoms with Crippen LogP contribution in [0.4, 0.5) is 0 Å². The van der Waals surface area contributed by atoms with Crippen LogP contribution in [0, 0.1) is 0 Å². The second-order valence-corrected chi connectivity index (χ2v) is 7.53. The summed E-state index contributed by atoms with van der Waals surface area (Å²) >= 11 is 0. The Bertz CT molecular complexity index is 920. The van der Waals surface area contributed by atoms with Crippen molar-refractivity contribution >= 4 is 5.91 Å². The van der Waals surface area contributed by atoms with Gasteiger partial charge in [0.25, 0.3) is 5.91 Å². The van der Waals surface area contributed by atoms with E-state index < -0.39 is 0 Å². The van der Waals surface area contributed by atoms with Crippen LogP contribution >= 0.6 is 0 Å². The minimum absolute atomic E-state index is 0.202. The van der Waals surface area contributed by atoms with Crippen LogP contribution in [0.2, 0.25) is 0 Å². The second-order valence-electron chi connectivity index (χ2n) is 7.53. The van der Waals surface area contributed by atoms with E-state index in [2.05, 4.69) is 62.2 Å². The van der Waals surface area contributed by atoms with Gasteiger partial charge in [0, 0.05) is 45.6 Å². The molecule has 3 heterocycles. The van der Waals surface area contributed by atoms with E-state index in [0.717, 1.165) is 44.2 Å². The van der Waals surface area contributed by atoms with E-state index in [1.54, 1.807) is 12.1 Å². The van der Waals surface area contributed by atoms with Gasteiger partial charge in [-0.1, -0.05) is 37.3 Å². The molecular formula is C22H27N5O2. The number of benzene rings is 1. The molecule has 1 N–H and O–H groups in total. The lowest BCUT2D eigenvalue weighted by molar-refractivity contribution is 0.0926. The average molecular weight is 393 g/mol. The average Bonchev–Trinajstić information content (AvgIpc) is 3.37. The molecule has 7 nitrogen and oxygen atoms in total. The van der Waals surface area contributed by atoms with Crippen LogP contribution in [-0.2, 0) is 19.4 Å². The van der Waals surface area contributed by atoms with Crippen LogP contribution in [0.25, 0.3) is 0 Å². The third kappa shape index (κ3) is 4.74. The van der Waals surface area contributed by atoms with Crippen molar-refractivity contribution in [3.8, 4) is 0 Å². The zero-order valence-electron chi connectivity index (χ0n) is 16.8. The van der Waals surface area contributed by atoms with Crippen molar-refractivity contribution in [1.82, 2.24) is 25.0 Å². The predicted octanol–water partition coefficient (Wildman–Crippen LogP) is 2.51. The van der Waals surface area contributed by atoms with Crippen molar-refractivity contribution in [2.75, 3.05) is 26.2 Å². The van der Waals surface area contributed by atoms with Gasteiger partial charge in [-0.2, -0.15) is 0 Å². The molecule has 0 saturated carbocycles. The van der Waals surface area contributed by atoms with Crippen LogP contribution in [0.1, 0.15) is 40.6 Å². The quantitative estimate of drug-likeness (QED) is 0.667. The molecule has 1 aromatic carbocycles. The zero-order chi connectivity index (χ0) is 20.1. The molecule has 0 saturated heterocycles. The number of hydrogen-bond donors (Lipinski definition) is 1. The number of aromatic nitrogens is 3. The number of furan rings is 1. The number of carbonyl (C=O) groups is 1. The first-order chi connectivity index (χ1) is 14.2. The molecule has 7 heteroatoms. The second kappa shape index (κ2) is 9.05. The Morgan fingerprint density at radius 3 is 2.79 bits per heavy atom. The first-order valence-corrected chi connectivity index (χ1v) is 10.2. The molecule has 29 heavy (non-hydrogen) atoms. The molecule has 0 spiro atoms. The molecule has 1 amide bonds. The highest BCUT2D eigenvalue weighted by Crippen LogP contribution is 2.18. The maximum Gasteiger partial charge on any atom is 0.286 e. The highest BCUT2D eigenvalue weighted by atomic mass is 16.3. The van der Waals surface area contributed by atoms with E-state index in [0.29, 0.717) is 24.6 Å². The first-order valence-electron chi connectivity index (χ1n) is 10.2. The van der Waals surface area contributed by atoms with E-state index >= 15 is 0 Å². The molecule has 152 valence electrons. The number of rotatable bonds is 7. The van der Waals surface area contributed by atoms with Crippen LogP contribution < -0.4 is 5.32 Å². The molecule has 0 bridgehead atoms. The Kier molecular flexibility index (Phi) is 6.05. The highest BCUT2D eigenvalue weighted by molar-refractivity contribution is 5.91. The van der Waals surface area contributed by atoms with Crippen LogP contribution in [-0.4, -0.2) is 51.8 Å². The van der Waals surface area contributed by atoms with Gasteiger partial charge in [0.15, 0.2) is 5.76 Å². The summed E-state index contributed by atoms with van der Waals surface area (Å²) in [6.45, 7) is 6.68. The minimum Gasteiger partial charge on any atom is -0.459 e. The molecule has 0 fully saturated rings. The molecule has 0 aliphatic carbocycles. The molecule has 1 aliphatic heterocycles. The molecule has 1 unspecified atom stereocenters. The molecule has 2 aromatic heterocycles. The van der Waals surface area contributed by atoms with Crippen LogP contribution in [0.5, 0.6) is 0 Å². The monoisotopic (exact) mass is 393 g/mol. The van der Waals surface area contributed by atoms with E-state index in [-0.39, 0.29) is 5.91 Å². The Hall–Kier alpha value is -2.93. The van der Waals surface area contributed by atoms with Crippen LogP contribution in [0.3, 0.4) is 0 Å². The fourth-order valence-electron chi connectivity index (χ4n) is 3.85. The lowest BCUT2D eigenvalue weighted by atomic mass is 10.0. The molecule has 1 aliphatic rings. The summed E-state index contributed by atoms with van der Waals surface area (Å²) in [5, 5.41) is 11.6. The van der Waals surface area contributed by atoms with Crippen molar-refractivity contribution in [2.24, 2.45) is 0 Å². The maximum absolute atomic E-state index is 12.0. The highest BCUT2D eigenvalue weighted by Gasteiger charge is 2.20. The summed E-state index contributed by atoms with van der Waals surface area (Å²) in [6.07, 6.45) is 3.05. The SMILES string of the molecule is CC(CN1CCc2nnc(CCNC(=O)c3ccco3)n2CC1)c1ccccc1. The van der Waals surface area contributed by atoms with Crippen molar-refractivity contribution in [3.63, 3.8) is 0 Å². The summed E-state index contributed by atoms with van der Waals surface area (Å²) in [7, 11) is 0. The van der Waals surface area contributed by atoms with Crippen molar-refractivity contribution in [2.45, 2.75) is 32.2 Å². The fraction of sp³-hybridized carbons (Fsp3) is 0.409. The Labute approximate surface area is 170 Å². The molecule has 3 aromatic rings. The summed E-state index contributed by atoms with van der Waals surface area (Å²) in [4.78, 5) is 14.5. The summed E-state index contributed by atoms with van der Waals surface area (Å²) < 4.78 is 7.33. The Morgan fingerprint density at radius 1 is 1.14 bits per heavy atom.